The Morgan fingerprint density at radius 1 is 1.00 bits per heavy atom. The van der Waals surface area contributed by atoms with Crippen LogP contribution in [0.3, 0.4) is 0 Å². The van der Waals surface area contributed by atoms with Gasteiger partial charge in [-0.3, -0.25) is 14.4 Å². The van der Waals surface area contributed by atoms with Crippen molar-refractivity contribution in [1.82, 2.24) is 25.1 Å². The van der Waals surface area contributed by atoms with Crippen LogP contribution in [-0.4, -0.2) is 80.3 Å². The molecule has 0 saturated heterocycles. The molecule has 0 spiro atoms. The van der Waals surface area contributed by atoms with E-state index in [4.69, 9.17) is 6.42 Å². The predicted molar refractivity (Wildman–Crippen MR) is 196 cm³/mol. The Kier molecular flexibility index (Phi) is 14.9. The van der Waals surface area contributed by atoms with Crippen LogP contribution in [0.25, 0.3) is 11.0 Å². The zero-order chi connectivity index (χ0) is 36.0. The fourth-order valence-corrected chi connectivity index (χ4v) is 6.95. The minimum Gasteiger partial charge on any atom is -0.390 e. The molecule has 2 aromatic carbocycles. The number of hydrogen-bond donors (Lipinski definition) is 4. The molecule has 0 aliphatic heterocycles. The number of imidazole rings is 1. The SMILES string of the molecule is C#CC[C@H](NC(=O)C(CC(=O)N(C)CCn1cnc2ccccc21)Cc1ccccc1)C(=O)N[C@@H](CC1CCCCC1)C(O)[C@@H](O)CC(C)C. The zero-order valence-electron chi connectivity index (χ0n) is 29.8. The van der Waals surface area contributed by atoms with Crippen molar-refractivity contribution in [2.24, 2.45) is 17.8 Å². The van der Waals surface area contributed by atoms with Crippen LogP contribution in [0.1, 0.15) is 77.2 Å². The Bertz CT molecular complexity index is 1560. The van der Waals surface area contributed by atoms with Crippen molar-refractivity contribution >= 4 is 28.8 Å². The van der Waals surface area contributed by atoms with Gasteiger partial charge in [-0.05, 0) is 48.8 Å². The molecule has 1 aromatic heterocycles. The number of nitrogens with zero attached hydrogens (tertiary/aromatic N) is 3. The van der Waals surface area contributed by atoms with E-state index in [0.29, 0.717) is 38.3 Å². The van der Waals surface area contributed by atoms with E-state index in [1.54, 1.807) is 18.3 Å². The molecule has 0 bridgehead atoms. The van der Waals surface area contributed by atoms with Gasteiger partial charge in [0.25, 0.3) is 0 Å². The Hall–Kier alpha value is -4.20. The van der Waals surface area contributed by atoms with E-state index in [2.05, 4.69) is 21.5 Å². The van der Waals surface area contributed by atoms with Crippen LogP contribution in [0.15, 0.2) is 60.9 Å². The smallest absolute Gasteiger partial charge is 0.243 e. The molecule has 10 heteroatoms. The number of hydrogen-bond acceptors (Lipinski definition) is 6. The molecule has 4 rings (SSSR count). The van der Waals surface area contributed by atoms with Crippen LogP contribution in [-0.2, 0) is 27.3 Å². The van der Waals surface area contributed by atoms with Crippen molar-refractivity contribution in [2.45, 2.75) is 109 Å². The van der Waals surface area contributed by atoms with Crippen molar-refractivity contribution in [3.05, 3.63) is 66.5 Å². The van der Waals surface area contributed by atoms with E-state index in [1.807, 2.05) is 73.0 Å². The van der Waals surface area contributed by atoms with Crippen LogP contribution in [0.2, 0.25) is 0 Å². The maximum atomic E-state index is 13.9. The van der Waals surface area contributed by atoms with Gasteiger partial charge in [-0.2, -0.15) is 0 Å². The van der Waals surface area contributed by atoms with Gasteiger partial charge in [-0.15, -0.1) is 12.3 Å². The minimum atomic E-state index is -1.16. The molecule has 4 N–H and O–H groups in total. The molecular weight excluding hydrogens is 630 g/mol. The molecule has 3 amide bonds. The number of benzene rings is 2. The second kappa shape index (κ2) is 19.3. The molecule has 1 aliphatic carbocycles. The number of carbonyl (C=O) groups is 3. The molecule has 1 saturated carbocycles. The van der Waals surface area contributed by atoms with Gasteiger partial charge in [0.1, 0.15) is 12.1 Å². The molecule has 1 fully saturated rings. The van der Waals surface area contributed by atoms with E-state index >= 15 is 0 Å². The Labute approximate surface area is 297 Å². The molecule has 5 atom stereocenters. The maximum Gasteiger partial charge on any atom is 0.243 e. The van der Waals surface area contributed by atoms with Crippen LogP contribution in [0.5, 0.6) is 0 Å². The quantitative estimate of drug-likeness (QED) is 0.146. The summed E-state index contributed by atoms with van der Waals surface area (Å²) in [7, 11) is 1.72. The summed E-state index contributed by atoms with van der Waals surface area (Å²) < 4.78 is 2.00. The average Bonchev–Trinajstić information content (AvgIpc) is 3.53. The van der Waals surface area contributed by atoms with Crippen LogP contribution in [0, 0.1) is 30.1 Å². The van der Waals surface area contributed by atoms with Crippen molar-refractivity contribution in [2.75, 3.05) is 13.6 Å². The highest BCUT2D eigenvalue weighted by Gasteiger charge is 2.34. The number of amides is 3. The van der Waals surface area contributed by atoms with Crippen LogP contribution in [0.4, 0.5) is 0 Å². The largest absolute Gasteiger partial charge is 0.390 e. The summed E-state index contributed by atoms with van der Waals surface area (Å²) in [6, 6.07) is 15.5. The number of para-hydroxylation sites is 2. The third-order valence-electron chi connectivity index (χ3n) is 9.86. The van der Waals surface area contributed by atoms with E-state index in [0.717, 1.165) is 42.3 Å². The summed E-state index contributed by atoms with van der Waals surface area (Å²) in [6.45, 7) is 4.91. The third-order valence-corrected chi connectivity index (χ3v) is 9.86. The molecular formula is C40H55N5O5. The van der Waals surface area contributed by atoms with E-state index in [1.165, 1.54) is 6.42 Å². The highest BCUT2D eigenvalue weighted by Crippen LogP contribution is 2.29. The number of aliphatic hydroxyl groups excluding tert-OH is 2. The Morgan fingerprint density at radius 3 is 2.40 bits per heavy atom. The summed E-state index contributed by atoms with van der Waals surface area (Å²) >= 11 is 0. The zero-order valence-corrected chi connectivity index (χ0v) is 29.8. The first kappa shape index (κ1) is 38.6. The number of nitrogens with one attached hydrogen (secondary N) is 2. The molecule has 10 nitrogen and oxygen atoms in total. The lowest BCUT2D eigenvalue weighted by atomic mass is 9.82. The monoisotopic (exact) mass is 685 g/mol. The van der Waals surface area contributed by atoms with Gasteiger partial charge in [0.15, 0.2) is 0 Å². The summed E-state index contributed by atoms with van der Waals surface area (Å²) in [5.74, 6) is 1.07. The number of fused-ring (bicyclic) bond motifs is 1. The van der Waals surface area contributed by atoms with Crippen molar-refractivity contribution in [1.29, 1.82) is 0 Å². The van der Waals surface area contributed by atoms with E-state index < -0.39 is 42.0 Å². The summed E-state index contributed by atoms with van der Waals surface area (Å²) in [5.41, 5.74) is 2.75. The van der Waals surface area contributed by atoms with Gasteiger partial charge in [-0.25, -0.2) is 4.98 Å². The first-order chi connectivity index (χ1) is 24.0. The number of terminal acetylenes is 1. The van der Waals surface area contributed by atoms with E-state index in [9.17, 15) is 24.6 Å². The van der Waals surface area contributed by atoms with Gasteiger partial charge < -0.3 is 30.3 Å². The lowest BCUT2D eigenvalue weighted by molar-refractivity contribution is -0.137. The Morgan fingerprint density at radius 2 is 1.70 bits per heavy atom. The van der Waals surface area contributed by atoms with Gasteiger partial charge in [0, 0.05) is 33.0 Å². The molecule has 0 radical (unpaired) electrons. The molecule has 3 aromatic rings. The topological polar surface area (TPSA) is 137 Å². The molecule has 1 aliphatic rings. The van der Waals surface area contributed by atoms with Crippen molar-refractivity contribution in [3.63, 3.8) is 0 Å². The maximum absolute atomic E-state index is 13.9. The highest BCUT2D eigenvalue weighted by atomic mass is 16.3. The fraction of sp³-hybridized carbons (Fsp3) is 0.550. The summed E-state index contributed by atoms with van der Waals surface area (Å²) in [5, 5.41) is 27.8. The van der Waals surface area contributed by atoms with Gasteiger partial charge >= 0.3 is 0 Å². The van der Waals surface area contributed by atoms with Gasteiger partial charge in [0.05, 0.1) is 35.4 Å². The number of aromatic nitrogens is 2. The highest BCUT2D eigenvalue weighted by molar-refractivity contribution is 5.91. The summed E-state index contributed by atoms with van der Waals surface area (Å²) in [4.78, 5) is 47.3. The molecule has 270 valence electrons. The lowest BCUT2D eigenvalue weighted by Gasteiger charge is -2.33. The fourth-order valence-electron chi connectivity index (χ4n) is 6.95. The second-order valence-electron chi connectivity index (χ2n) is 14.3. The molecule has 50 heavy (non-hydrogen) atoms. The second-order valence-corrected chi connectivity index (χ2v) is 14.3. The standard InChI is InChI=1S/C40H55N5O5/c1-5-14-33(40(50)43-34(25-30-17-10-7-11-18-30)38(48)36(46)23-28(2)3)42-39(49)31(24-29-15-8-6-9-16-29)26-37(47)44(4)21-22-45-27-41-32-19-12-13-20-35(32)45/h1,6,8-9,12-13,15-16,19-20,27-28,30-31,33-34,36,38,46,48H,7,10-11,14,17-18,21-26H2,2-4H3,(H,42,49)(H,43,50)/t31?,33-,34-,36-,38?/m0/s1. The number of aliphatic hydroxyl groups is 2. The van der Waals surface area contributed by atoms with Gasteiger partial charge in [-0.1, -0.05) is 88.4 Å². The van der Waals surface area contributed by atoms with Crippen LogP contribution < -0.4 is 10.6 Å². The first-order valence-electron chi connectivity index (χ1n) is 18.1. The lowest BCUT2D eigenvalue weighted by Crippen LogP contribution is -2.56. The van der Waals surface area contributed by atoms with Gasteiger partial charge in [0.2, 0.25) is 17.7 Å². The van der Waals surface area contributed by atoms with Crippen LogP contribution >= 0.6 is 0 Å². The predicted octanol–water partition coefficient (Wildman–Crippen LogP) is 4.47. The van der Waals surface area contributed by atoms with Crippen molar-refractivity contribution < 1.29 is 24.6 Å². The normalized spacial score (nSPS) is 16.6. The van der Waals surface area contributed by atoms with E-state index in [-0.39, 0.29) is 24.7 Å². The molecule has 1 heterocycles. The third kappa shape index (κ3) is 11.4. The number of likely N-dealkylation sites (N-methyl/N-ethyl adjacent to an activating group) is 1. The summed E-state index contributed by atoms with van der Waals surface area (Å²) in [6.07, 6.45) is 11.8. The molecule has 2 unspecified atom stereocenters. The van der Waals surface area contributed by atoms with Crippen molar-refractivity contribution in [3.8, 4) is 12.3 Å². The minimum absolute atomic E-state index is 0.0588. The average molecular weight is 686 g/mol. The number of carbonyl (C=O) groups excluding carboxylic acids is 3. The number of rotatable bonds is 18. The first-order valence-corrected chi connectivity index (χ1v) is 18.1. The Balaban J connectivity index is 1.45.